The fourth-order valence-corrected chi connectivity index (χ4v) is 1.86. The van der Waals surface area contributed by atoms with E-state index in [1.54, 1.807) is 0 Å². The minimum atomic E-state index is 0.0154. The molecule has 4 nitrogen and oxygen atoms in total. The zero-order chi connectivity index (χ0) is 12.5. The molecule has 0 spiro atoms. The molecule has 0 aromatic rings. The molecule has 0 radical (unpaired) electrons. The van der Waals surface area contributed by atoms with Gasteiger partial charge in [0.25, 0.3) is 0 Å². The first-order chi connectivity index (χ1) is 8.22. The predicted molar refractivity (Wildman–Crippen MR) is 67.5 cm³/mol. The molecule has 17 heavy (non-hydrogen) atoms. The van der Waals surface area contributed by atoms with E-state index in [0.717, 1.165) is 25.9 Å². The normalized spacial score (nSPS) is 18.4. The molecule has 1 unspecified atom stereocenters. The molecule has 0 aromatic heterocycles. The van der Waals surface area contributed by atoms with Crippen LogP contribution < -0.4 is 10.6 Å². The molecule has 0 aliphatic carbocycles. The van der Waals surface area contributed by atoms with Gasteiger partial charge in [-0.1, -0.05) is 0 Å². The Bertz CT molecular complexity index is 267. The third-order valence-corrected chi connectivity index (χ3v) is 2.80. The molecule has 96 valence electrons. The van der Waals surface area contributed by atoms with E-state index >= 15 is 0 Å². The maximum absolute atomic E-state index is 11.5. The number of hydrogen-bond acceptors (Lipinski definition) is 3. The van der Waals surface area contributed by atoms with E-state index in [1.165, 1.54) is 0 Å². The molecule has 4 heteroatoms. The van der Waals surface area contributed by atoms with Crippen molar-refractivity contribution in [2.24, 2.45) is 0 Å². The molecule has 1 saturated heterocycles. The highest BCUT2D eigenvalue weighted by Crippen LogP contribution is 2.07. The average molecular weight is 238 g/mol. The molecule has 1 fully saturated rings. The van der Waals surface area contributed by atoms with Gasteiger partial charge in [-0.2, -0.15) is 0 Å². The van der Waals surface area contributed by atoms with Crippen molar-refractivity contribution in [3.63, 3.8) is 0 Å². The molecule has 2 N–H and O–H groups in total. The van der Waals surface area contributed by atoms with Crippen LogP contribution in [0, 0.1) is 12.3 Å². The van der Waals surface area contributed by atoms with Gasteiger partial charge in [0.1, 0.15) is 0 Å². The van der Waals surface area contributed by atoms with E-state index < -0.39 is 0 Å². The second-order valence-electron chi connectivity index (χ2n) is 4.45. The lowest BCUT2D eigenvalue weighted by Gasteiger charge is -2.22. The lowest BCUT2D eigenvalue weighted by atomic mass is 10.1. The van der Waals surface area contributed by atoms with Gasteiger partial charge in [-0.25, -0.2) is 0 Å². The largest absolute Gasteiger partial charge is 0.378 e. The van der Waals surface area contributed by atoms with Gasteiger partial charge in [0.15, 0.2) is 0 Å². The van der Waals surface area contributed by atoms with E-state index in [0.29, 0.717) is 25.6 Å². The average Bonchev–Trinajstić information content (AvgIpc) is 2.30. The van der Waals surface area contributed by atoms with E-state index in [1.807, 2.05) is 6.92 Å². The van der Waals surface area contributed by atoms with Gasteiger partial charge in [0.2, 0.25) is 5.91 Å². The summed E-state index contributed by atoms with van der Waals surface area (Å²) < 4.78 is 5.65. The molecule has 0 aromatic carbocycles. The number of nitrogens with one attached hydrogen (secondary N) is 2. The fraction of sp³-hybridized carbons (Fsp3) is 0.769. The lowest BCUT2D eigenvalue weighted by molar-refractivity contribution is -0.123. The summed E-state index contributed by atoms with van der Waals surface area (Å²) in [4.78, 5) is 11.5. The predicted octanol–water partition coefficient (Wildman–Crippen LogP) is 0.673. The molecule has 0 bridgehead atoms. The number of terminal acetylenes is 1. The van der Waals surface area contributed by atoms with Crippen LogP contribution in [-0.4, -0.2) is 37.7 Å². The summed E-state index contributed by atoms with van der Waals surface area (Å²) in [6.07, 6.45) is 8.54. The number of carbonyl (C=O) groups is 1. The SMILES string of the molecule is C#CCC(C)NC(=O)CCOC1CCNCC1. The Morgan fingerprint density at radius 3 is 2.94 bits per heavy atom. The summed E-state index contributed by atoms with van der Waals surface area (Å²) in [7, 11) is 0. The summed E-state index contributed by atoms with van der Waals surface area (Å²) in [5, 5.41) is 6.12. The Morgan fingerprint density at radius 1 is 1.59 bits per heavy atom. The Labute approximate surface area is 103 Å². The van der Waals surface area contributed by atoms with Crippen molar-refractivity contribution < 1.29 is 9.53 Å². The van der Waals surface area contributed by atoms with Gasteiger partial charge in [0.05, 0.1) is 12.7 Å². The number of hydrogen-bond donors (Lipinski definition) is 2. The van der Waals surface area contributed by atoms with Crippen LogP contribution in [0.3, 0.4) is 0 Å². The van der Waals surface area contributed by atoms with Crippen molar-refractivity contribution >= 4 is 5.91 Å². The molecule has 1 rings (SSSR count). The first-order valence-corrected chi connectivity index (χ1v) is 6.27. The Balaban J connectivity index is 2.05. The van der Waals surface area contributed by atoms with Crippen molar-refractivity contribution in [1.29, 1.82) is 0 Å². The summed E-state index contributed by atoms with van der Waals surface area (Å²) in [5.74, 6) is 2.54. The quantitative estimate of drug-likeness (QED) is 0.669. The van der Waals surface area contributed by atoms with Crippen molar-refractivity contribution in [2.75, 3.05) is 19.7 Å². The highest BCUT2D eigenvalue weighted by Gasteiger charge is 2.13. The minimum absolute atomic E-state index is 0.0154. The Kier molecular flexibility index (Phi) is 6.68. The zero-order valence-electron chi connectivity index (χ0n) is 10.5. The van der Waals surface area contributed by atoms with Crippen molar-refractivity contribution in [3.8, 4) is 12.3 Å². The van der Waals surface area contributed by atoms with Gasteiger partial charge in [-0.05, 0) is 32.9 Å². The summed E-state index contributed by atoms with van der Waals surface area (Å²) in [6.45, 7) is 4.43. The van der Waals surface area contributed by atoms with Crippen LogP contribution in [0.15, 0.2) is 0 Å². The van der Waals surface area contributed by atoms with E-state index in [4.69, 9.17) is 11.2 Å². The summed E-state index contributed by atoms with van der Waals surface area (Å²) >= 11 is 0. The van der Waals surface area contributed by atoms with Gasteiger partial charge in [-0.15, -0.1) is 12.3 Å². The molecule has 0 saturated carbocycles. The standard InChI is InChI=1S/C13H22N2O2/c1-3-4-11(2)15-13(16)7-10-17-12-5-8-14-9-6-12/h1,11-12,14H,4-10H2,2H3,(H,15,16). The Morgan fingerprint density at radius 2 is 2.29 bits per heavy atom. The Hall–Kier alpha value is -1.05. The molecular formula is C13H22N2O2. The van der Waals surface area contributed by atoms with Gasteiger partial charge in [-0.3, -0.25) is 4.79 Å². The van der Waals surface area contributed by atoms with Crippen LogP contribution in [0.5, 0.6) is 0 Å². The van der Waals surface area contributed by atoms with Crippen molar-refractivity contribution in [2.45, 2.75) is 44.8 Å². The molecule has 1 aliphatic heterocycles. The number of rotatable bonds is 6. The van der Waals surface area contributed by atoms with Crippen LogP contribution in [0.1, 0.15) is 32.6 Å². The molecule has 1 heterocycles. The van der Waals surface area contributed by atoms with E-state index in [9.17, 15) is 4.79 Å². The number of ether oxygens (including phenoxy) is 1. The number of amides is 1. The van der Waals surface area contributed by atoms with Gasteiger partial charge < -0.3 is 15.4 Å². The van der Waals surface area contributed by atoms with Gasteiger partial charge in [0, 0.05) is 18.9 Å². The highest BCUT2D eigenvalue weighted by molar-refractivity contribution is 5.76. The highest BCUT2D eigenvalue weighted by atomic mass is 16.5. The molecule has 1 atom stereocenters. The summed E-state index contributed by atoms with van der Waals surface area (Å²) in [5.41, 5.74) is 0. The lowest BCUT2D eigenvalue weighted by Crippen LogP contribution is -2.35. The second-order valence-corrected chi connectivity index (χ2v) is 4.45. The zero-order valence-corrected chi connectivity index (χ0v) is 10.5. The summed E-state index contributed by atoms with van der Waals surface area (Å²) in [6, 6.07) is 0.0476. The molecule has 1 amide bonds. The third-order valence-electron chi connectivity index (χ3n) is 2.80. The second kappa shape index (κ2) is 8.10. The molecular weight excluding hydrogens is 216 g/mol. The smallest absolute Gasteiger partial charge is 0.222 e. The van der Waals surface area contributed by atoms with Crippen LogP contribution in [0.4, 0.5) is 0 Å². The minimum Gasteiger partial charge on any atom is -0.378 e. The number of piperidine rings is 1. The monoisotopic (exact) mass is 238 g/mol. The van der Waals surface area contributed by atoms with Crippen molar-refractivity contribution in [3.05, 3.63) is 0 Å². The van der Waals surface area contributed by atoms with Crippen LogP contribution in [0.25, 0.3) is 0 Å². The van der Waals surface area contributed by atoms with E-state index in [-0.39, 0.29) is 11.9 Å². The van der Waals surface area contributed by atoms with Crippen molar-refractivity contribution in [1.82, 2.24) is 10.6 Å². The maximum Gasteiger partial charge on any atom is 0.222 e. The van der Waals surface area contributed by atoms with E-state index in [2.05, 4.69) is 16.6 Å². The topological polar surface area (TPSA) is 50.4 Å². The third kappa shape index (κ3) is 6.30. The molecule has 1 aliphatic rings. The maximum atomic E-state index is 11.5. The first-order valence-electron chi connectivity index (χ1n) is 6.27. The van der Waals surface area contributed by atoms with Crippen LogP contribution >= 0.6 is 0 Å². The van der Waals surface area contributed by atoms with Crippen LogP contribution in [-0.2, 0) is 9.53 Å². The van der Waals surface area contributed by atoms with Gasteiger partial charge >= 0.3 is 0 Å². The van der Waals surface area contributed by atoms with Crippen LogP contribution in [0.2, 0.25) is 0 Å². The first kappa shape index (κ1) is 14.0. The number of carbonyl (C=O) groups excluding carboxylic acids is 1. The fourth-order valence-electron chi connectivity index (χ4n) is 1.86.